The summed E-state index contributed by atoms with van der Waals surface area (Å²) in [5.74, 6) is -4.44. The summed E-state index contributed by atoms with van der Waals surface area (Å²) in [6.45, 7) is 3.13. The van der Waals surface area contributed by atoms with E-state index in [4.69, 9.17) is 42.8 Å². The summed E-state index contributed by atoms with van der Waals surface area (Å²) < 4.78 is 14.9. The number of benzene rings is 1. The second-order valence-electron chi connectivity index (χ2n) is 4.98. The van der Waals surface area contributed by atoms with Crippen molar-refractivity contribution in [2.45, 2.75) is 20.8 Å². The fourth-order valence-electron chi connectivity index (χ4n) is 1.76. The molecule has 1 aromatic rings. The number of carbonyl (C=O) groups excluding carboxylic acids is 4. The van der Waals surface area contributed by atoms with Crippen LogP contribution in [0.3, 0.4) is 0 Å². The van der Waals surface area contributed by atoms with Crippen LogP contribution in [0.25, 0.3) is 0 Å². The Kier molecular flexibility index (Phi) is 8.01. The molecule has 0 radical (unpaired) electrons. The summed E-state index contributed by atoms with van der Waals surface area (Å²) in [6.07, 6.45) is 0. The second-order valence-corrected chi connectivity index (χ2v) is 5.73. The van der Waals surface area contributed by atoms with Gasteiger partial charge in [-0.1, -0.05) is 23.2 Å². The molecule has 0 aliphatic carbocycles. The van der Waals surface area contributed by atoms with Gasteiger partial charge in [-0.2, -0.15) is 0 Å². The van der Waals surface area contributed by atoms with Crippen molar-refractivity contribution in [1.82, 2.24) is 10.6 Å². The van der Waals surface area contributed by atoms with Crippen molar-refractivity contribution >= 4 is 58.8 Å². The summed E-state index contributed by atoms with van der Waals surface area (Å²) >= 11 is 12.3. The van der Waals surface area contributed by atoms with E-state index in [0.717, 1.165) is 20.8 Å². The van der Waals surface area contributed by atoms with Crippen molar-refractivity contribution in [1.29, 1.82) is 5.41 Å². The molecule has 13 heteroatoms. The van der Waals surface area contributed by atoms with E-state index in [-0.39, 0.29) is 11.6 Å². The Bertz CT molecular complexity index is 814. The smallest absolute Gasteiger partial charge is 0.326 e. The van der Waals surface area contributed by atoms with Gasteiger partial charge in [0.15, 0.2) is 17.5 Å². The maximum absolute atomic E-state index is 12.0. The van der Waals surface area contributed by atoms with Gasteiger partial charge in [-0.05, 0) is 0 Å². The van der Waals surface area contributed by atoms with Gasteiger partial charge in [0.05, 0.1) is 5.69 Å². The summed E-state index contributed by atoms with van der Waals surface area (Å²) in [7, 11) is 1.40. The molecule has 0 atom stereocenters. The van der Waals surface area contributed by atoms with Gasteiger partial charge >= 0.3 is 23.9 Å². The number of guanidine groups is 1. The largest absolute Gasteiger partial charge is 0.421 e. The molecule has 0 unspecified atom stereocenters. The van der Waals surface area contributed by atoms with E-state index in [2.05, 4.69) is 16.0 Å². The van der Waals surface area contributed by atoms with E-state index in [1.165, 1.54) is 7.05 Å². The molecule has 0 saturated heterocycles. The molecular weight excluding hydrogens is 419 g/mol. The van der Waals surface area contributed by atoms with Crippen molar-refractivity contribution in [2.75, 3.05) is 12.4 Å². The molecule has 0 aromatic heterocycles. The van der Waals surface area contributed by atoms with Crippen LogP contribution >= 0.6 is 23.2 Å². The first-order valence-corrected chi connectivity index (χ1v) is 8.18. The van der Waals surface area contributed by atoms with E-state index >= 15 is 0 Å². The van der Waals surface area contributed by atoms with Crippen LogP contribution in [0.5, 0.6) is 17.2 Å². The van der Waals surface area contributed by atoms with Gasteiger partial charge in [-0.25, -0.2) is 4.79 Å². The fourth-order valence-corrected chi connectivity index (χ4v) is 2.34. The molecule has 2 amide bonds. The van der Waals surface area contributed by atoms with Gasteiger partial charge in [0.25, 0.3) is 0 Å². The summed E-state index contributed by atoms with van der Waals surface area (Å²) in [5, 5.41) is 13.2. The van der Waals surface area contributed by atoms with E-state index in [1.807, 2.05) is 0 Å². The first-order valence-electron chi connectivity index (χ1n) is 7.42. The number of hydrogen-bond donors (Lipinski definition) is 4. The minimum absolute atomic E-state index is 0.326. The summed E-state index contributed by atoms with van der Waals surface area (Å²) in [6, 6.07) is -0.939. The lowest BCUT2D eigenvalue weighted by atomic mass is 10.2. The second kappa shape index (κ2) is 9.76. The highest BCUT2D eigenvalue weighted by molar-refractivity contribution is 6.42. The zero-order valence-corrected chi connectivity index (χ0v) is 16.6. The maximum Gasteiger partial charge on any atom is 0.326 e. The van der Waals surface area contributed by atoms with Gasteiger partial charge in [-0.15, -0.1) is 0 Å². The van der Waals surface area contributed by atoms with Crippen LogP contribution in [0.2, 0.25) is 10.0 Å². The molecule has 4 N–H and O–H groups in total. The van der Waals surface area contributed by atoms with Crippen molar-refractivity contribution in [3.05, 3.63) is 10.0 Å². The average molecular weight is 435 g/mol. The van der Waals surface area contributed by atoms with Crippen molar-refractivity contribution in [3.63, 3.8) is 0 Å². The zero-order valence-electron chi connectivity index (χ0n) is 15.1. The lowest BCUT2D eigenvalue weighted by molar-refractivity contribution is -0.135. The molecule has 28 heavy (non-hydrogen) atoms. The van der Waals surface area contributed by atoms with Gasteiger partial charge in [0, 0.05) is 27.8 Å². The quantitative estimate of drug-likeness (QED) is 0.242. The van der Waals surface area contributed by atoms with Crippen molar-refractivity contribution in [2.24, 2.45) is 0 Å². The van der Waals surface area contributed by atoms with Gasteiger partial charge < -0.3 is 24.8 Å². The number of amides is 2. The Hall–Kier alpha value is -3.05. The Balaban J connectivity index is 3.64. The number of anilines is 1. The number of esters is 3. The standard InChI is InChI=1S/C15H16Cl2N4O7/c1-5(22)26-11-8(16)10(20-15(25)21-14(18)19-4)9(17)12(27-6(2)23)13(11)28-7(3)24/h1-4H3,(H4,18,19,20,21,25). The number of urea groups is 1. The highest BCUT2D eigenvalue weighted by Gasteiger charge is 2.30. The van der Waals surface area contributed by atoms with Crippen LogP contribution in [0.15, 0.2) is 0 Å². The van der Waals surface area contributed by atoms with Crippen LogP contribution in [0.1, 0.15) is 20.8 Å². The average Bonchev–Trinajstić information content (AvgIpc) is 2.57. The highest BCUT2D eigenvalue weighted by Crippen LogP contribution is 2.53. The fraction of sp³-hybridized carbons (Fsp3) is 0.267. The molecule has 0 heterocycles. The molecule has 0 spiro atoms. The molecule has 152 valence electrons. The highest BCUT2D eigenvalue weighted by atomic mass is 35.5. The van der Waals surface area contributed by atoms with Crippen LogP contribution in [0, 0.1) is 5.41 Å². The monoisotopic (exact) mass is 434 g/mol. The Morgan fingerprint density at radius 2 is 1.21 bits per heavy atom. The normalized spacial score (nSPS) is 9.79. The van der Waals surface area contributed by atoms with E-state index < -0.39 is 51.2 Å². The Morgan fingerprint density at radius 3 is 1.57 bits per heavy atom. The van der Waals surface area contributed by atoms with Crippen molar-refractivity contribution < 1.29 is 33.4 Å². The number of carbonyl (C=O) groups is 4. The maximum atomic E-state index is 12.0. The third kappa shape index (κ3) is 5.99. The number of ether oxygens (including phenoxy) is 3. The van der Waals surface area contributed by atoms with Gasteiger partial charge in [0.1, 0.15) is 10.0 Å². The van der Waals surface area contributed by atoms with Crippen LogP contribution < -0.4 is 30.2 Å². The minimum Gasteiger partial charge on any atom is -0.421 e. The molecule has 0 aliphatic rings. The lowest BCUT2D eigenvalue weighted by Gasteiger charge is -2.19. The van der Waals surface area contributed by atoms with Crippen molar-refractivity contribution in [3.8, 4) is 17.2 Å². The SMILES string of the molecule is CNC(=N)NC(=O)Nc1c(Cl)c(OC(C)=O)c(OC(C)=O)c(OC(C)=O)c1Cl. The molecule has 0 aliphatic heterocycles. The predicted molar refractivity (Wildman–Crippen MR) is 99.3 cm³/mol. The van der Waals surface area contributed by atoms with Gasteiger partial charge in [0.2, 0.25) is 5.75 Å². The first-order chi connectivity index (χ1) is 13.0. The zero-order chi connectivity index (χ0) is 21.6. The van der Waals surface area contributed by atoms with Crippen LogP contribution in [-0.2, 0) is 14.4 Å². The van der Waals surface area contributed by atoms with E-state index in [9.17, 15) is 19.2 Å². The van der Waals surface area contributed by atoms with Crippen LogP contribution in [-0.4, -0.2) is 36.9 Å². The lowest BCUT2D eigenvalue weighted by Crippen LogP contribution is -2.40. The third-order valence-electron chi connectivity index (χ3n) is 2.71. The minimum atomic E-state index is -0.939. The number of rotatable bonds is 4. The molecule has 0 fully saturated rings. The topological polar surface area (TPSA) is 156 Å². The van der Waals surface area contributed by atoms with E-state index in [1.54, 1.807) is 0 Å². The molecule has 11 nitrogen and oxygen atoms in total. The third-order valence-corrected chi connectivity index (χ3v) is 3.44. The molecule has 0 bridgehead atoms. The molecule has 0 saturated carbocycles. The number of halogens is 2. The Labute approximate surface area is 169 Å². The van der Waals surface area contributed by atoms with Gasteiger partial charge in [-0.3, -0.25) is 25.1 Å². The first kappa shape index (κ1) is 23.0. The number of nitrogens with one attached hydrogen (secondary N) is 4. The molecule has 1 aromatic carbocycles. The molecule has 1 rings (SSSR count). The van der Waals surface area contributed by atoms with E-state index in [0.29, 0.717) is 0 Å². The predicted octanol–water partition coefficient (Wildman–Crippen LogP) is 2.04. The Morgan fingerprint density at radius 1 is 0.821 bits per heavy atom. The van der Waals surface area contributed by atoms with Crippen LogP contribution in [0.4, 0.5) is 10.5 Å². The summed E-state index contributed by atoms with van der Waals surface area (Å²) in [4.78, 5) is 46.3. The summed E-state index contributed by atoms with van der Waals surface area (Å²) in [5.41, 5.74) is -0.326. The molecular formula is C15H16Cl2N4O7. The number of hydrogen-bond acceptors (Lipinski definition) is 8.